The van der Waals surface area contributed by atoms with Gasteiger partial charge < -0.3 is 9.73 Å². The van der Waals surface area contributed by atoms with Gasteiger partial charge in [-0.25, -0.2) is 23.1 Å². The van der Waals surface area contributed by atoms with Crippen LogP contribution in [0.3, 0.4) is 0 Å². The third-order valence-electron chi connectivity index (χ3n) is 7.71. The van der Waals surface area contributed by atoms with E-state index in [1.54, 1.807) is 19.1 Å². The summed E-state index contributed by atoms with van der Waals surface area (Å²) in [4.78, 5) is 52.3. The lowest BCUT2D eigenvalue weighted by Crippen LogP contribution is -2.59. The topological polar surface area (TPSA) is 132 Å². The molecule has 1 aliphatic heterocycles. The summed E-state index contributed by atoms with van der Waals surface area (Å²) < 4.78 is 48.1. The van der Waals surface area contributed by atoms with E-state index >= 15 is 4.39 Å². The Bertz CT molecular complexity index is 1810. The number of carbonyl (C=O) groups is 3. The summed E-state index contributed by atoms with van der Waals surface area (Å²) in [7, 11) is 0. The van der Waals surface area contributed by atoms with Gasteiger partial charge >= 0.3 is 0 Å². The van der Waals surface area contributed by atoms with Crippen molar-refractivity contribution in [2.45, 2.75) is 56.7 Å². The summed E-state index contributed by atoms with van der Waals surface area (Å²) in [5, 5.41) is 11.9. The van der Waals surface area contributed by atoms with Crippen LogP contribution in [-0.4, -0.2) is 51.7 Å². The van der Waals surface area contributed by atoms with Crippen LogP contribution in [0.1, 0.15) is 38.2 Å². The van der Waals surface area contributed by atoms with E-state index in [2.05, 4.69) is 21.9 Å². The molecule has 242 valence electrons. The van der Waals surface area contributed by atoms with Crippen LogP contribution in [0.4, 0.5) is 24.7 Å². The number of aromatic nitrogens is 2. The van der Waals surface area contributed by atoms with E-state index in [-0.39, 0.29) is 52.0 Å². The highest BCUT2D eigenvalue weighted by molar-refractivity contribution is 6.32. The van der Waals surface area contributed by atoms with Gasteiger partial charge in [-0.1, -0.05) is 30.3 Å². The van der Waals surface area contributed by atoms with E-state index in [0.717, 1.165) is 21.9 Å². The first-order valence-electron chi connectivity index (χ1n) is 14.5. The lowest BCUT2D eigenvalue weighted by Gasteiger charge is -2.39. The zero-order valence-electron chi connectivity index (χ0n) is 25.0. The monoisotopic (exact) mass is 664 g/mol. The number of carbonyl (C=O) groups excluding carboxylic acids is 3. The van der Waals surface area contributed by atoms with Gasteiger partial charge in [0.25, 0.3) is 11.8 Å². The maximum Gasteiger partial charge on any atom is 0.252 e. The van der Waals surface area contributed by atoms with Crippen LogP contribution in [-0.2, 0) is 14.4 Å². The molecule has 3 heterocycles. The van der Waals surface area contributed by atoms with Gasteiger partial charge in [-0.05, 0) is 55.3 Å². The van der Waals surface area contributed by atoms with E-state index in [0.29, 0.717) is 0 Å². The number of hydrogen-bond donors (Lipinski definition) is 1. The molecule has 2 aromatic heterocycles. The summed E-state index contributed by atoms with van der Waals surface area (Å²) in [6, 6.07) is 4.31. The average molecular weight is 665 g/mol. The molecule has 1 aromatic carbocycles. The molecule has 1 saturated heterocycles. The van der Waals surface area contributed by atoms with Crippen molar-refractivity contribution in [1.29, 1.82) is 5.26 Å². The normalized spacial score (nSPS) is 18.5. The van der Waals surface area contributed by atoms with Crippen molar-refractivity contribution in [2.75, 3.05) is 9.80 Å². The predicted molar refractivity (Wildman–Crippen MR) is 167 cm³/mol. The van der Waals surface area contributed by atoms with E-state index in [4.69, 9.17) is 16.0 Å². The van der Waals surface area contributed by atoms with Gasteiger partial charge in [0.2, 0.25) is 17.7 Å². The number of nitrogens with zero attached hydrogens (tertiary/aromatic N) is 5. The quantitative estimate of drug-likeness (QED) is 0.270. The van der Waals surface area contributed by atoms with Gasteiger partial charge in [-0.3, -0.25) is 24.2 Å². The van der Waals surface area contributed by atoms with E-state index in [9.17, 15) is 28.4 Å². The molecule has 0 bridgehead atoms. The smallest absolute Gasteiger partial charge is 0.252 e. The van der Waals surface area contributed by atoms with Gasteiger partial charge in [0, 0.05) is 47.8 Å². The van der Waals surface area contributed by atoms with Crippen molar-refractivity contribution in [1.82, 2.24) is 15.3 Å². The fourth-order valence-corrected chi connectivity index (χ4v) is 5.66. The Morgan fingerprint density at radius 1 is 1.26 bits per heavy atom. The summed E-state index contributed by atoms with van der Waals surface area (Å²) in [6.07, 6.45) is 7.23. The highest BCUT2D eigenvalue weighted by atomic mass is 35.5. The van der Waals surface area contributed by atoms with Gasteiger partial charge in [-0.2, -0.15) is 5.26 Å². The number of oxazole rings is 1. The SMILES string of the molecule is C=C(/C(Cl)=C\C=C/C)[C@@H](C(=O)NC1CC(F)(F)C1)N(C(=O)[C@@H]1CCC(=O)N1c1cc(C#N)ccn1)c1cc(F)cc(-c2ncco2)c1. The second-order valence-corrected chi connectivity index (χ2v) is 11.4. The van der Waals surface area contributed by atoms with Crippen molar-refractivity contribution in [3.63, 3.8) is 0 Å². The third-order valence-corrected chi connectivity index (χ3v) is 8.08. The Morgan fingerprint density at radius 3 is 2.68 bits per heavy atom. The van der Waals surface area contributed by atoms with Crippen molar-refractivity contribution in [3.8, 4) is 17.5 Å². The van der Waals surface area contributed by atoms with E-state index < -0.39 is 60.4 Å². The maximum absolute atomic E-state index is 15.3. The molecule has 3 amide bonds. The fraction of sp³-hybridized carbons (Fsp3) is 0.273. The zero-order chi connectivity index (χ0) is 33.9. The molecule has 5 rings (SSSR count). The van der Waals surface area contributed by atoms with Gasteiger partial charge in [-0.15, -0.1) is 0 Å². The predicted octanol–water partition coefficient (Wildman–Crippen LogP) is 5.81. The number of allylic oxidation sites excluding steroid dienone is 3. The Morgan fingerprint density at radius 2 is 2.02 bits per heavy atom. The van der Waals surface area contributed by atoms with Crippen molar-refractivity contribution < 1.29 is 32.0 Å². The Labute approximate surface area is 272 Å². The number of nitrogens with one attached hydrogen (secondary N) is 1. The molecule has 3 aromatic rings. The molecule has 1 N–H and O–H groups in total. The van der Waals surface area contributed by atoms with Crippen molar-refractivity contribution in [2.24, 2.45) is 0 Å². The van der Waals surface area contributed by atoms with Gasteiger partial charge in [0.1, 0.15) is 30.0 Å². The summed E-state index contributed by atoms with van der Waals surface area (Å²) >= 11 is 6.57. The molecule has 2 fully saturated rings. The van der Waals surface area contributed by atoms with Crippen LogP contribution in [0.5, 0.6) is 0 Å². The Balaban J connectivity index is 1.66. The Hall–Kier alpha value is -5.22. The summed E-state index contributed by atoms with van der Waals surface area (Å²) in [5.74, 6) is -5.99. The molecule has 2 atom stereocenters. The highest BCUT2D eigenvalue weighted by Crippen LogP contribution is 2.39. The zero-order valence-corrected chi connectivity index (χ0v) is 25.8. The van der Waals surface area contributed by atoms with Crippen LogP contribution in [0.15, 0.2) is 88.8 Å². The van der Waals surface area contributed by atoms with Crippen LogP contribution < -0.4 is 15.1 Å². The molecule has 1 saturated carbocycles. The fourth-order valence-electron chi connectivity index (χ4n) is 5.48. The van der Waals surface area contributed by atoms with Gasteiger partial charge in [0.05, 0.1) is 17.8 Å². The summed E-state index contributed by atoms with van der Waals surface area (Å²) in [5.41, 5.74) is 0.0351. The van der Waals surface area contributed by atoms with E-state index in [1.807, 2.05) is 6.07 Å². The molecular formula is C33H28ClF3N6O4. The molecule has 10 nitrogen and oxygen atoms in total. The van der Waals surface area contributed by atoms with Gasteiger partial charge in [0.15, 0.2) is 0 Å². The molecule has 0 unspecified atom stereocenters. The van der Waals surface area contributed by atoms with Crippen molar-refractivity contribution >= 4 is 40.8 Å². The van der Waals surface area contributed by atoms with Crippen LogP contribution in [0.25, 0.3) is 11.5 Å². The number of halogens is 4. The number of rotatable bonds is 10. The van der Waals surface area contributed by atoms with Crippen molar-refractivity contribution in [3.05, 3.63) is 95.8 Å². The van der Waals surface area contributed by atoms with E-state index in [1.165, 1.54) is 42.9 Å². The number of benzene rings is 1. The molecule has 14 heteroatoms. The Kier molecular flexibility index (Phi) is 9.62. The molecule has 0 spiro atoms. The number of nitriles is 1. The first kappa shape index (κ1) is 33.2. The number of amides is 3. The molecule has 47 heavy (non-hydrogen) atoms. The van der Waals surface area contributed by atoms with Crippen LogP contribution >= 0.6 is 11.6 Å². The summed E-state index contributed by atoms with van der Waals surface area (Å²) in [6.45, 7) is 5.70. The third kappa shape index (κ3) is 7.12. The number of anilines is 2. The highest BCUT2D eigenvalue weighted by Gasteiger charge is 2.49. The standard InChI is InChI=1S/C33H28ClF3N6O4/c1-3-4-5-25(34)19(2)29(30(45)41-23-16-33(36,37)17-23)42(24-14-21(13-22(35)15-24)31-40-10-11-47-31)32(46)26-6-7-28(44)43(26)27-12-20(18-38)8-9-39-27/h3-5,8-15,23,26,29H,2,6-7,16-17H2,1H3,(H,41,45)/b4-3-,25-5+/t26-,29-/m0/s1. The first-order chi connectivity index (χ1) is 22.4. The lowest BCUT2D eigenvalue weighted by molar-refractivity contribution is -0.132. The lowest BCUT2D eigenvalue weighted by atomic mass is 9.87. The first-order valence-corrected chi connectivity index (χ1v) is 14.9. The maximum atomic E-state index is 15.3. The van der Waals surface area contributed by atoms with Crippen LogP contribution in [0, 0.1) is 17.1 Å². The molecule has 2 aliphatic rings. The minimum absolute atomic E-state index is 0.0101. The average Bonchev–Trinajstić information content (AvgIpc) is 3.71. The minimum atomic E-state index is -2.97. The number of hydrogen-bond acceptors (Lipinski definition) is 7. The molecular weight excluding hydrogens is 637 g/mol. The minimum Gasteiger partial charge on any atom is -0.445 e. The largest absolute Gasteiger partial charge is 0.445 e. The number of alkyl halides is 2. The molecule has 0 radical (unpaired) electrons. The molecule has 1 aliphatic carbocycles. The number of pyridine rings is 1. The second-order valence-electron chi connectivity index (χ2n) is 11.0. The van der Waals surface area contributed by atoms with Crippen LogP contribution in [0.2, 0.25) is 0 Å². The second kappa shape index (κ2) is 13.6.